The van der Waals surface area contributed by atoms with Crippen LogP contribution in [0.5, 0.6) is 11.5 Å². The molecule has 0 radical (unpaired) electrons. The maximum Gasteiger partial charge on any atom is 0.323 e. The number of aliphatic hydroxyl groups is 1. The largest absolute Gasteiger partial charge is 0.497 e. The van der Waals surface area contributed by atoms with Crippen LogP contribution in [-0.4, -0.2) is 84.9 Å². The Balaban J connectivity index is 1.51. The van der Waals surface area contributed by atoms with Gasteiger partial charge in [0.1, 0.15) is 17.6 Å². The number of carbonyl (C=O) groups is 3. The van der Waals surface area contributed by atoms with Gasteiger partial charge in [-0.1, -0.05) is 26.2 Å². The highest BCUT2D eigenvalue weighted by Gasteiger charge is 2.34. The summed E-state index contributed by atoms with van der Waals surface area (Å²) in [7, 11) is 3.32. The average molecular weight is 582 g/mol. The maximum atomic E-state index is 13.7. The fraction of sp³-hybridized carbons (Fsp3) is 0.516. The molecule has 2 aromatic carbocycles. The van der Waals surface area contributed by atoms with Gasteiger partial charge in [0.2, 0.25) is 0 Å². The van der Waals surface area contributed by atoms with Crippen molar-refractivity contribution in [3.63, 3.8) is 0 Å². The molecular weight excluding hydrogens is 538 g/mol. The van der Waals surface area contributed by atoms with E-state index in [1.807, 2.05) is 6.92 Å². The Bertz CT molecular complexity index is 1230. The fourth-order valence-electron chi connectivity index (χ4n) is 5.37. The molecule has 0 bridgehead atoms. The van der Waals surface area contributed by atoms with Gasteiger partial charge in [-0.05, 0) is 62.2 Å². The lowest BCUT2D eigenvalue weighted by atomic mass is 9.96. The Labute approximate surface area is 247 Å². The number of likely N-dealkylation sites (N-methyl/N-ethyl adjacent to an activating group) is 1. The molecule has 1 aliphatic heterocycles. The number of amides is 5. The Kier molecular flexibility index (Phi) is 10.5. The number of rotatable bonds is 8. The highest BCUT2D eigenvalue weighted by Crippen LogP contribution is 2.31. The number of urea groups is 2. The monoisotopic (exact) mass is 581 g/mol. The minimum atomic E-state index is -0.475. The van der Waals surface area contributed by atoms with Crippen LogP contribution >= 0.6 is 0 Å². The zero-order valence-corrected chi connectivity index (χ0v) is 24.9. The number of nitrogens with one attached hydrogen (secondary N) is 3. The van der Waals surface area contributed by atoms with Crippen LogP contribution in [0.15, 0.2) is 42.5 Å². The summed E-state index contributed by atoms with van der Waals surface area (Å²) < 4.78 is 11.5. The first-order valence-electron chi connectivity index (χ1n) is 14.6. The second-order valence-corrected chi connectivity index (χ2v) is 11.3. The average Bonchev–Trinajstić information content (AvgIpc) is 2.99. The lowest BCUT2D eigenvalue weighted by molar-refractivity contribution is 0.0366. The molecule has 1 saturated carbocycles. The number of hydrogen-bond acceptors (Lipinski definition) is 6. The zero-order valence-electron chi connectivity index (χ0n) is 24.9. The molecular formula is C31H43N5O6. The van der Waals surface area contributed by atoms with Crippen LogP contribution in [0, 0.1) is 5.92 Å². The summed E-state index contributed by atoms with van der Waals surface area (Å²) in [6.07, 6.45) is 5.04. The highest BCUT2D eigenvalue weighted by atomic mass is 16.5. The van der Waals surface area contributed by atoms with Crippen LogP contribution in [0.1, 0.15) is 56.3 Å². The van der Waals surface area contributed by atoms with Crippen molar-refractivity contribution in [2.45, 2.75) is 64.1 Å². The number of methoxy groups -OCH3 is 1. The second kappa shape index (κ2) is 14.3. The molecule has 11 heteroatoms. The van der Waals surface area contributed by atoms with Crippen molar-refractivity contribution in [3.05, 3.63) is 48.0 Å². The summed E-state index contributed by atoms with van der Waals surface area (Å²) in [5.41, 5.74) is 1.25. The zero-order chi connectivity index (χ0) is 30.2. The summed E-state index contributed by atoms with van der Waals surface area (Å²) >= 11 is 0. The molecule has 0 spiro atoms. The van der Waals surface area contributed by atoms with Gasteiger partial charge in [-0.15, -0.1) is 0 Å². The van der Waals surface area contributed by atoms with Gasteiger partial charge in [0, 0.05) is 36.9 Å². The number of ether oxygens (including phenoxy) is 2. The van der Waals surface area contributed by atoms with Gasteiger partial charge in [0.15, 0.2) is 0 Å². The quantitative estimate of drug-likeness (QED) is 0.362. The van der Waals surface area contributed by atoms with Gasteiger partial charge in [0.05, 0.1) is 31.9 Å². The van der Waals surface area contributed by atoms with Gasteiger partial charge in [0.25, 0.3) is 5.91 Å². The van der Waals surface area contributed by atoms with Crippen molar-refractivity contribution < 1.29 is 29.0 Å². The lowest BCUT2D eigenvalue weighted by Gasteiger charge is -2.38. The van der Waals surface area contributed by atoms with Crippen LogP contribution in [0.2, 0.25) is 0 Å². The van der Waals surface area contributed by atoms with Crippen molar-refractivity contribution in [3.8, 4) is 11.5 Å². The first-order valence-corrected chi connectivity index (χ1v) is 14.6. The van der Waals surface area contributed by atoms with Crippen LogP contribution in [0.25, 0.3) is 0 Å². The summed E-state index contributed by atoms with van der Waals surface area (Å²) in [5.74, 6) is 0.592. The summed E-state index contributed by atoms with van der Waals surface area (Å²) in [5, 5.41) is 18.6. The Hall–Kier alpha value is -3.99. The van der Waals surface area contributed by atoms with Gasteiger partial charge in [-0.2, -0.15) is 0 Å². The third-order valence-electron chi connectivity index (χ3n) is 8.00. The summed E-state index contributed by atoms with van der Waals surface area (Å²) in [6, 6.07) is 11.0. The standard InChI is InChI=1S/C31H43N5O6/c1-20-17-36(21(2)19-37)29(38)26-16-24(33-30(39)32-23-10-13-25(41-4)14-11-23)12-15-27(26)42-28(20)18-35(3)31(40)34-22-8-6-5-7-9-22/h10-16,20-22,28,37H,5-9,17-19H2,1-4H3,(H,34,40)(H2,32,33,39)/t20-,21-,28+/m1/s1. The van der Waals surface area contributed by atoms with E-state index in [0.29, 0.717) is 36.0 Å². The van der Waals surface area contributed by atoms with Crippen molar-refractivity contribution >= 4 is 29.3 Å². The van der Waals surface area contributed by atoms with Crippen molar-refractivity contribution in [2.75, 3.05) is 44.5 Å². The molecule has 1 fully saturated rings. The molecule has 4 N–H and O–H groups in total. The minimum Gasteiger partial charge on any atom is -0.497 e. The van der Waals surface area contributed by atoms with Gasteiger partial charge in [-0.3, -0.25) is 4.79 Å². The topological polar surface area (TPSA) is 132 Å². The minimum absolute atomic E-state index is 0.130. The van der Waals surface area contributed by atoms with E-state index in [1.165, 1.54) is 6.42 Å². The Morgan fingerprint density at radius 1 is 1.10 bits per heavy atom. The summed E-state index contributed by atoms with van der Waals surface area (Å²) in [6.45, 7) is 4.21. The molecule has 0 unspecified atom stereocenters. The predicted molar refractivity (Wildman–Crippen MR) is 161 cm³/mol. The van der Waals surface area contributed by atoms with E-state index in [4.69, 9.17) is 9.47 Å². The lowest BCUT2D eigenvalue weighted by Crippen LogP contribution is -2.52. The van der Waals surface area contributed by atoms with Crippen molar-refractivity contribution in [1.29, 1.82) is 0 Å². The second-order valence-electron chi connectivity index (χ2n) is 11.3. The molecule has 0 aromatic heterocycles. The molecule has 1 aliphatic carbocycles. The molecule has 42 heavy (non-hydrogen) atoms. The number of benzene rings is 2. The molecule has 2 aromatic rings. The van der Waals surface area contributed by atoms with E-state index in [2.05, 4.69) is 16.0 Å². The first-order chi connectivity index (χ1) is 20.2. The smallest absolute Gasteiger partial charge is 0.323 e. The SMILES string of the molecule is COc1ccc(NC(=O)Nc2ccc3c(c2)C(=O)N([C@H](C)CO)C[C@@H](C)[C@H](CN(C)C(=O)NC2CCCCC2)O3)cc1. The number of fused-ring (bicyclic) bond motifs is 1. The van der Waals surface area contributed by atoms with Gasteiger partial charge < -0.3 is 40.3 Å². The van der Waals surface area contributed by atoms with Crippen LogP contribution in [-0.2, 0) is 0 Å². The van der Waals surface area contributed by atoms with E-state index in [-0.39, 0.29) is 36.1 Å². The number of aliphatic hydroxyl groups excluding tert-OH is 1. The molecule has 1 heterocycles. The van der Waals surface area contributed by atoms with Crippen LogP contribution < -0.4 is 25.4 Å². The van der Waals surface area contributed by atoms with E-state index in [1.54, 1.807) is 73.3 Å². The number of anilines is 2. The van der Waals surface area contributed by atoms with Crippen molar-refractivity contribution in [2.24, 2.45) is 5.92 Å². The molecule has 4 rings (SSSR count). The van der Waals surface area contributed by atoms with Gasteiger partial charge in [-0.25, -0.2) is 9.59 Å². The molecule has 2 aliphatic rings. The third kappa shape index (κ3) is 7.84. The maximum absolute atomic E-state index is 13.7. The van der Waals surface area contributed by atoms with E-state index in [9.17, 15) is 19.5 Å². The van der Waals surface area contributed by atoms with E-state index < -0.39 is 18.2 Å². The van der Waals surface area contributed by atoms with Crippen LogP contribution in [0.3, 0.4) is 0 Å². The van der Waals surface area contributed by atoms with E-state index in [0.717, 1.165) is 25.7 Å². The molecule has 11 nitrogen and oxygen atoms in total. The third-order valence-corrected chi connectivity index (χ3v) is 8.00. The Morgan fingerprint density at radius 3 is 2.43 bits per heavy atom. The van der Waals surface area contributed by atoms with Crippen molar-refractivity contribution in [1.82, 2.24) is 15.1 Å². The summed E-state index contributed by atoms with van der Waals surface area (Å²) in [4.78, 5) is 42.6. The normalized spacial score (nSPS) is 19.8. The molecule has 3 atom stereocenters. The van der Waals surface area contributed by atoms with E-state index >= 15 is 0 Å². The first kappa shape index (κ1) is 31.0. The van der Waals surface area contributed by atoms with Crippen LogP contribution in [0.4, 0.5) is 21.0 Å². The molecule has 0 saturated heterocycles. The number of hydrogen-bond donors (Lipinski definition) is 4. The molecule has 228 valence electrons. The fourth-order valence-corrected chi connectivity index (χ4v) is 5.37. The number of carbonyl (C=O) groups excluding carboxylic acids is 3. The Morgan fingerprint density at radius 2 is 1.76 bits per heavy atom. The highest BCUT2D eigenvalue weighted by molar-refractivity contribution is 6.02. The predicted octanol–water partition coefficient (Wildman–Crippen LogP) is 4.53. The van der Waals surface area contributed by atoms with Gasteiger partial charge >= 0.3 is 12.1 Å². The molecule has 5 amide bonds. The number of nitrogens with zero attached hydrogens (tertiary/aromatic N) is 2.